The molecule has 4 nitrogen and oxygen atoms in total. The molecule has 0 fully saturated rings. The average Bonchev–Trinajstić information content (AvgIpc) is 3.03. The van der Waals surface area contributed by atoms with E-state index in [0.717, 1.165) is 28.3 Å². The van der Waals surface area contributed by atoms with Crippen LogP contribution in [0.4, 0.5) is 0 Å². The highest BCUT2D eigenvalue weighted by Crippen LogP contribution is 2.35. The number of benzene rings is 2. The number of para-hydroxylation sites is 1. The number of ether oxygens (including phenoxy) is 1. The standard InChI is InChI=1S/C20H22BrNO3S/c1-14(2)19-20(17-6-3-4-7-18(17)22-19)26(23,24)16-10-8-15(9-11-16)25-13-5-12-21/h3-4,6-11,14,22H,5,12-13H2,1-2H3. The first-order chi connectivity index (χ1) is 12.4. The number of fused-ring (bicyclic) bond motifs is 1. The molecular weight excluding hydrogens is 414 g/mol. The van der Waals surface area contributed by atoms with E-state index in [1.54, 1.807) is 24.3 Å². The number of aromatic nitrogens is 1. The lowest BCUT2D eigenvalue weighted by molar-refractivity contribution is 0.319. The number of H-pyrrole nitrogens is 1. The predicted molar refractivity (Wildman–Crippen MR) is 108 cm³/mol. The van der Waals surface area contributed by atoms with Gasteiger partial charge in [0.25, 0.3) is 0 Å². The molecule has 138 valence electrons. The van der Waals surface area contributed by atoms with Gasteiger partial charge in [0.1, 0.15) is 10.6 Å². The Kier molecular flexibility index (Phi) is 5.73. The van der Waals surface area contributed by atoms with E-state index < -0.39 is 9.84 Å². The van der Waals surface area contributed by atoms with Gasteiger partial charge in [0.15, 0.2) is 0 Å². The van der Waals surface area contributed by atoms with E-state index in [1.165, 1.54) is 0 Å². The summed E-state index contributed by atoms with van der Waals surface area (Å²) < 4.78 is 32.3. The lowest BCUT2D eigenvalue weighted by Gasteiger charge is -2.10. The summed E-state index contributed by atoms with van der Waals surface area (Å²) in [4.78, 5) is 3.92. The van der Waals surface area contributed by atoms with Crippen molar-refractivity contribution in [2.45, 2.75) is 36.0 Å². The monoisotopic (exact) mass is 435 g/mol. The van der Waals surface area contributed by atoms with Crippen molar-refractivity contribution in [1.82, 2.24) is 4.98 Å². The maximum atomic E-state index is 13.3. The normalized spacial score (nSPS) is 12.0. The van der Waals surface area contributed by atoms with E-state index in [0.29, 0.717) is 17.3 Å². The van der Waals surface area contributed by atoms with E-state index in [1.807, 2.05) is 38.1 Å². The third-order valence-corrected chi connectivity index (χ3v) is 6.64. The van der Waals surface area contributed by atoms with Gasteiger partial charge in [-0.3, -0.25) is 0 Å². The summed E-state index contributed by atoms with van der Waals surface area (Å²) in [5, 5.41) is 1.60. The van der Waals surface area contributed by atoms with Crippen molar-refractivity contribution < 1.29 is 13.2 Å². The van der Waals surface area contributed by atoms with Crippen LogP contribution >= 0.6 is 15.9 Å². The van der Waals surface area contributed by atoms with Crippen LogP contribution in [0.1, 0.15) is 31.9 Å². The second-order valence-corrected chi connectivity index (χ2v) is 9.11. The number of sulfone groups is 1. The SMILES string of the molecule is CC(C)c1[nH]c2ccccc2c1S(=O)(=O)c1ccc(OCCCBr)cc1. The van der Waals surface area contributed by atoms with Crippen LogP contribution in [-0.4, -0.2) is 25.3 Å². The maximum absolute atomic E-state index is 13.3. The molecule has 0 aliphatic rings. The Morgan fingerprint density at radius 2 is 1.77 bits per heavy atom. The molecule has 1 heterocycles. The third kappa shape index (κ3) is 3.67. The number of rotatable bonds is 7. The number of hydrogen-bond acceptors (Lipinski definition) is 3. The van der Waals surface area contributed by atoms with Crippen LogP contribution in [0.3, 0.4) is 0 Å². The van der Waals surface area contributed by atoms with Crippen LogP contribution in [-0.2, 0) is 9.84 Å². The van der Waals surface area contributed by atoms with Gasteiger partial charge in [0.2, 0.25) is 9.84 Å². The zero-order chi connectivity index (χ0) is 18.7. The molecule has 0 aliphatic carbocycles. The third-order valence-electron chi connectivity index (χ3n) is 4.21. The van der Waals surface area contributed by atoms with Crippen molar-refractivity contribution in [2.75, 3.05) is 11.9 Å². The van der Waals surface area contributed by atoms with Crippen molar-refractivity contribution in [3.8, 4) is 5.75 Å². The van der Waals surface area contributed by atoms with Gasteiger partial charge in [-0.2, -0.15) is 0 Å². The smallest absolute Gasteiger partial charge is 0.208 e. The van der Waals surface area contributed by atoms with E-state index in [9.17, 15) is 8.42 Å². The van der Waals surface area contributed by atoms with Gasteiger partial charge in [-0.05, 0) is 42.7 Å². The fourth-order valence-corrected chi connectivity index (χ4v) is 4.91. The van der Waals surface area contributed by atoms with Crippen LogP contribution in [0, 0.1) is 0 Å². The minimum absolute atomic E-state index is 0.0685. The van der Waals surface area contributed by atoms with Crippen LogP contribution in [0.15, 0.2) is 58.3 Å². The van der Waals surface area contributed by atoms with Gasteiger partial charge in [-0.15, -0.1) is 0 Å². The van der Waals surface area contributed by atoms with Gasteiger partial charge in [-0.1, -0.05) is 48.0 Å². The summed E-state index contributed by atoms with van der Waals surface area (Å²) in [7, 11) is -3.63. The second kappa shape index (κ2) is 7.84. The molecule has 26 heavy (non-hydrogen) atoms. The highest BCUT2D eigenvalue weighted by atomic mass is 79.9. The molecule has 3 aromatic rings. The quantitative estimate of drug-likeness (QED) is 0.405. The molecule has 0 radical (unpaired) electrons. The van der Waals surface area contributed by atoms with Crippen LogP contribution in [0.25, 0.3) is 10.9 Å². The summed E-state index contributed by atoms with van der Waals surface area (Å²) in [6.45, 7) is 4.58. The summed E-state index contributed by atoms with van der Waals surface area (Å²) in [5.74, 6) is 0.743. The minimum Gasteiger partial charge on any atom is -0.494 e. The molecule has 0 amide bonds. The molecule has 0 saturated carbocycles. The Balaban J connectivity index is 2.03. The Labute approximate surface area is 162 Å². The predicted octanol–water partition coefficient (Wildman–Crippen LogP) is 5.29. The molecule has 0 spiro atoms. The lowest BCUT2D eigenvalue weighted by atomic mass is 10.1. The van der Waals surface area contributed by atoms with Crippen molar-refractivity contribution in [2.24, 2.45) is 0 Å². The maximum Gasteiger partial charge on any atom is 0.208 e. The molecule has 0 aliphatic heterocycles. The zero-order valence-corrected chi connectivity index (χ0v) is 17.2. The summed E-state index contributed by atoms with van der Waals surface area (Å²) in [6.07, 6.45) is 0.896. The fourth-order valence-electron chi connectivity index (χ4n) is 2.91. The molecule has 1 aromatic heterocycles. The van der Waals surface area contributed by atoms with E-state index in [-0.39, 0.29) is 10.8 Å². The Morgan fingerprint density at radius 3 is 2.42 bits per heavy atom. The molecular formula is C20H22BrNO3S. The summed E-state index contributed by atoms with van der Waals surface area (Å²) >= 11 is 3.36. The number of nitrogens with one attached hydrogen (secondary N) is 1. The van der Waals surface area contributed by atoms with Crippen molar-refractivity contribution in [3.05, 3.63) is 54.2 Å². The molecule has 3 rings (SSSR count). The second-order valence-electron chi connectivity index (χ2n) is 6.43. The average molecular weight is 436 g/mol. The molecule has 0 saturated heterocycles. The first-order valence-corrected chi connectivity index (χ1v) is 11.2. The molecule has 0 atom stereocenters. The fraction of sp³-hybridized carbons (Fsp3) is 0.300. The number of hydrogen-bond donors (Lipinski definition) is 1. The Morgan fingerprint density at radius 1 is 1.08 bits per heavy atom. The van der Waals surface area contributed by atoms with Crippen LogP contribution in [0.2, 0.25) is 0 Å². The molecule has 0 bridgehead atoms. The minimum atomic E-state index is -3.63. The summed E-state index contributed by atoms with van der Waals surface area (Å²) in [6, 6.07) is 14.2. The lowest BCUT2D eigenvalue weighted by Crippen LogP contribution is -2.06. The molecule has 0 unspecified atom stereocenters. The first-order valence-electron chi connectivity index (χ1n) is 8.59. The number of aromatic amines is 1. The van der Waals surface area contributed by atoms with Gasteiger partial charge in [0.05, 0.1) is 11.5 Å². The Bertz CT molecular complexity index is 992. The van der Waals surface area contributed by atoms with Gasteiger partial charge in [0, 0.05) is 21.9 Å². The number of halogens is 1. The van der Waals surface area contributed by atoms with Crippen molar-refractivity contribution >= 4 is 36.7 Å². The summed E-state index contributed by atoms with van der Waals surface area (Å²) in [5.41, 5.74) is 1.58. The first kappa shape index (κ1) is 19.0. The zero-order valence-electron chi connectivity index (χ0n) is 14.8. The van der Waals surface area contributed by atoms with Crippen LogP contribution in [0.5, 0.6) is 5.75 Å². The molecule has 6 heteroatoms. The van der Waals surface area contributed by atoms with Gasteiger partial charge in [-0.25, -0.2) is 8.42 Å². The van der Waals surface area contributed by atoms with Crippen molar-refractivity contribution in [3.63, 3.8) is 0 Å². The van der Waals surface area contributed by atoms with Gasteiger partial charge < -0.3 is 9.72 Å². The highest BCUT2D eigenvalue weighted by molar-refractivity contribution is 9.09. The molecule has 1 N–H and O–H groups in total. The van der Waals surface area contributed by atoms with Crippen molar-refractivity contribution in [1.29, 1.82) is 0 Å². The van der Waals surface area contributed by atoms with E-state index >= 15 is 0 Å². The number of alkyl halides is 1. The topological polar surface area (TPSA) is 59.2 Å². The van der Waals surface area contributed by atoms with E-state index in [4.69, 9.17) is 4.74 Å². The highest BCUT2D eigenvalue weighted by Gasteiger charge is 2.27. The largest absolute Gasteiger partial charge is 0.494 e. The molecule has 2 aromatic carbocycles. The van der Waals surface area contributed by atoms with Crippen LogP contribution < -0.4 is 4.74 Å². The van der Waals surface area contributed by atoms with E-state index in [2.05, 4.69) is 20.9 Å². The van der Waals surface area contributed by atoms with Gasteiger partial charge >= 0.3 is 0 Å². The Hall–Kier alpha value is -1.79.